The van der Waals surface area contributed by atoms with Crippen LogP contribution in [-0.2, 0) is 5.54 Å². The summed E-state index contributed by atoms with van der Waals surface area (Å²) in [5.74, 6) is 0.912. The van der Waals surface area contributed by atoms with Crippen molar-refractivity contribution in [3.8, 4) is 22.6 Å². The van der Waals surface area contributed by atoms with Gasteiger partial charge in [0, 0.05) is 65.0 Å². The molecule has 1 aliphatic carbocycles. The molecule has 1 saturated carbocycles. The molecule has 7 nitrogen and oxygen atoms in total. The number of benzene rings is 2. The number of hydrogen-bond donors (Lipinski definition) is 1. The van der Waals surface area contributed by atoms with E-state index in [4.69, 9.17) is 14.8 Å². The first-order valence-corrected chi connectivity index (χ1v) is 18.6. The maximum absolute atomic E-state index is 14.2. The first-order valence-electron chi connectivity index (χ1n) is 17.9. The number of aromatic nitrogens is 4. The van der Waals surface area contributed by atoms with Gasteiger partial charge in [0.05, 0.1) is 28.7 Å². The van der Waals surface area contributed by atoms with Gasteiger partial charge in [-0.2, -0.15) is 0 Å². The summed E-state index contributed by atoms with van der Waals surface area (Å²) in [6.45, 7) is 10.8. The molecule has 0 saturated heterocycles. The molecule has 7 rings (SSSR count). The molecule has 4 aromatic rings. The highest BCUT2D eigenvalue weighted by Gasteiger charge is 2.57. The van der Waals surface area contributed by atoms with Gasteiger partial charge in [-0.25, -0.2) is 23.7 Å². The van der Waals surface area contributed by atoms with Gasteiger partial charge in [0.1, 0.15) is 19.7 Å². The highest BCUT2D eigenvalue weighted by molar-refractivity contribution is 6.90. The molecule has 2 atom stereocenters. The Kier molecular flexibility index (Phi) is 6.45. The summed E-state index contributed by atoms with van der Waals surface area (Å²) in [5, 5.41) is 0. The number of rotatable bonds is 5. The van der Waals surface area contributed by atoms with Crippen LogP contribution in [0.25, 0.3) is 22.2 Å². The Hall–Kier alpha value is -3.94. The zero-order valence-corrected chi connectivity index (χ0v) is 28.6. The summed E-state index contributed by atoms with van der Waals surface area (Å²) < 4.78 is 54.6. The second-order valence-electron chi connectivity index (χ2n) is 14.6. The zero-order valence-electron chi connectivity index (χ0n) is 30.6. The number of hydrogen-bond acceptors (Lipinski definition) is 5. The number of amides is 1. The Balaban J connectivity index is 1.38. The lowest BCUT2D eigenvalue weighted by Crippen LogP contribution is -2.56. The van der Waals surface area contributed by atoms with Crippen molar-refractivity contribution in [1.29, 1.82) is 0 Å². The quantitative estimate of drug-likeness (QED) is 0.175. The monoisotopic (exact) mass is 655 g/mol. The van der Waals surface area contributed by atoms with Crippen molar-refractivity contribution in [3.05, 3.63) is 77.1 Å². The van der Waals surface area contributed by atoms with Crippen LogP contribution in [-0.4, -0.2) is 51.3 Å². The van der Waals surface area contributed by atoms with Crippen molar-refractivity contribution in [3.63, 3.8) is 0 Å². The molecule has 1 amide bonds. The van der Waals surface area contributed by atoms with Crippen LogP contribution in [0.3, 0.4) is 0 Å². The van der Waals surface area contributed by atoms with Crippen LogP contribution in [0.4, 0.5) is 8.78 Å². The summed E-state index contributed by atoms with van der Waals surface area (Å²) in [6.07, 6.45) is 2.54. The molecule has 0 radical (unpaired) electrons. The summed E-state index contributed by atoms with van der Waals surface area (Å²) in [4.78, 5) is 28.9. The van der Waals surface area contributed by atoms with Gasteiger partial charge in [0.15, 0.2) is 0 Å². The van der Waals surface area contributed by atoms with Gasteiger partial charge >= 0.3 is 0 Å². The molecule has 3 aliphatic rings. The highest BCUT2D eigenvalue weighted by Crippen LogP contribution is 2.50. The predicted octanol–water partition coefficient (Wildman–Crippen LogP) is 7.77. The SMILES string of the molecule is [2H]C([2H])([2H])N1C(=O)c2cccc(C#C[Si](C(C)C)(C(C)C)C(C)C)c2[C@H]2C[C@@H]1c1nc3ccc(-c4cnc(C5(N)CC(F)(F)C5)nc4)cc3n12. The number of halogens is 2. The third kappa shape index (κ3) is 4.76. The largest absolute Gasteiger partial charge is 0.331 e. The molecule has 0 spiro atoms. The van der Waals surface area contributed by atoms with Crippen LogP contribution in [0.15, 0.2) is 48.8 Å². The minimum absolute atomic E-state index is 0.183. The average molecular weight is 656 g/mol. The van der Waals surface area contributed by atoms with Crippen molar-refractivity contribution < 1.29 is 17.7 Å². The number of fused-ring (bicyclic) bond motifs is 9. The molecule has 1 fully saturated rings. The molecule has 10 heteroatoms. The van der Waals surface area contributed by atoms with Crippen molar-refractivity contribution in [2.24, 2.45) is 5.73 Å². The van der Waals surface area contributed by atoms with Gasteiger partial charge in [-0.15, -0.1) is 5.54 Å². The van der Waals surface area contributed by atoms with Gasteiger partial charge < -0.3 is 15.2 Å². The van der Waals surface area contributed by atoms with E-state index in [-0.39, 0.29) is 5.82 Å². The summed E-state index contributed by atoms with van der Waals surface area (Å²) in [6, 6.07) is 9.98. The molecule has 244 valence electrons. The fourth-order valence-electron chi connectivity index (χ4n) is 8.61. The van der Waals surface area contributed by atoms with Crippen LogP contribution >= 0.6 is 0 Å². The van der Waals surface area contributed by atoms with E-state index < -0.39 is 57.3 Å². The van der Waals surface area contributed by atoms with Crippen LogP contribution < -0.4 is 5.73 Å². The van der Waals surface area contributed by atoms with Crippen LogP contribution in [0.5, 0.6) is 0 Å². The van der Waals surface area contributed by atoms with E-state index in [9.17, 15) is 13.6 Å². The first-order chi connectivity index (χ1) is 23.4. The van der Waals surface area contributed by atoms with E-state index in [0.717, 1.165) is 27.1 Å². The average Bonchev–Trinajstić information content (AvgIpc) is 3.52. The van der Waals surface area contributed by atoms with E-state index >= 15 is 0 Å². The number of imidazole rings is 1. The molecular weight excluding hydrogens is 611 g/mol. The third-order valence-electron chi connectivity index (χ3n) is 10.8. The van der Waals surface area contributed by atoms with Crippen molar-refractivity contribution >= 4 is 25.0 Å². The minimum atomic E-state index is -2.81. The summed E-state index contributed by atoms with van der Waals surface area (Å²) >= 11 is 0. The molecular formula is C37H42F2N6OSi. The maximum atomic E-state index is 14.2. The van der Waals surface area contributed by atoms with Crippen LogP contribution in [0, 0.1) is 11.5 Å². The Labute approximate surface area is 280 Å². The Morgan fingerprint density at radius 3 is 2.30 bits per heavy atom. The van der Waals surface area contributed by atoms with Crippen molar-refractivity contribution in [2.75, 3.05) is 6.98 Å². The van der Waals surface area contributed by atoms with Crippen LogP contribution in [0.1, 0.15) is 110 Å². The molecule has 47 heavy (non-hydrogen) atoms. The lowest BCUT2D eigenvalue weighted by atomic mass is 9.73. The van der Waals surface area contributed by atoms with Crippen molar-refractivity contribution in [1.82, 2.24) is 24.4 Å². The Morgan fingerprint density at radius 2 is 1.68 bits per heavy atom. The van der Waals surface area contributed by atoms with Crippen molar-refractivity contribution in [2.45, 2.75) is 101 Å². The van der Waals surface area contributed by atoms with E-state index in [0.29, 0.717) is 45.5 Å². The van der Waals surface area contributed by atoms with Gasteiger partial charge in [0.2, 0.25) is 0 Å². The number of carbonyl (C=O) groups is 1. The van der Waals surface area contributed by atoms with Gasteiger partial charge in [-0.1, -0.05) is 59.6 Å². The second kappa shape index (κ2) is 10.8. The van der Waals surface area contributed by atoms with E-state index in [1.54, 1.807) is 24.5 Å². The second-order valence-corrected chi connectivity index (χ2v) is 20.1. The van der Waals surface area contributed by atoms with Gasteiger partial charge in [-0.05, 0) is 46.5 Å². The van der Waals surface area contributed by atoms with Gasteiger partial charge in [0.25, 0.3) is 11.8 Å². The summed E-state index contributed by atoms with van der Waals surface area (Å²) in [5.41, 5.74) is 14.6. The minimum Gasteiger partial charge on any atom is -0.331 e. The molecule has 4 heterocycles. The fourth-order valence-corrected chi connectivity index (χ4v) is 13.8. The lowest BCUT2D eigenvalue weighted by molar-refractivity contribution is -0.127. The van der Waals surface area contributed by atoms with E-state index in [2.05, 4.69) is 67.5 Å². The number of alkyl halides is 2. The number of nitrogens with two attached hydrogens (primary N) is 1. The zero-order chi connectivity index (χ0) is 36.1. The Morgan fingerprint density at radius 1 is 1.00 bits per heavy atom. The maximum Gasteiger partial charge on any atom is 0.254 e. The smallest absolute Gasteiger partial charge is 0.254 e. The van der Waals surface area contributed by atoms with Gasteiger partial charge in [-0.3, -0.25) is 4.79 Å². The molecule has 0 unspecified atom stereocenters. The van der Waals surface area contributed by atoms with Crippen LogP contribution in [0.2, 0.25) is 16.6 Å². The number of carbonyl (C=O) groups excluding carboxylic acids is 1. The number of nitrogens with zero attached hydrogens (tertiary/aromatic N) is 5. The standard InChI is InChI=1S/C37H42F2N6OSi/c1-21(2)47(22(3)4,23(5)6)14-13-24-9-8-10-27-32(24)30-16-31(44(7)34(27)46)33-43-28-12-11-25(15-29(28)45(30)33)26-17-41-35(42-18-26)36(40)19-37(38,39)20-36/h8-12,15,17-18,21-23,30-31H,16,19-20,40H2,1-7H3/t30-,31-/m1/s1/i7D3. The lowest BCUT2D eigenvalue weighted by Gasteiger charge is -2.42. The molecule has 2 aliphatic heterocycles. The topological polar surface area (TPSA) is 89.9 Å². The predicted molar refractivity (Wildman–Crippen MR) is 183 cm³/mol. The fraction of sp³-hybridized carbons (Fsp3) is 0.459. The molecule has 2 N–H and O–H groups in total. The third-order valence-corrected chi connectivity index (χ3v) is 17.1. The first kappa shape index (κ1) is 28.1. The van der Waals surface area contributed by atoms with E-state index in [1.165, 1.54) is 0 Å². The molecule has 2 bridgehead atoms. The highest BCUT2D eigenvalue weighted by atomic mass is 28.3. The molecule has 2 aromatic carbocycles. The summed E-state index contributed by atoms with van der Waals surface area (Å²) in [7, 11) is -2.14. The van der Waals surface area contributed by atoms with E-state index in [1.807, 2.05) is 24.3 Å². The normalized spacial score (nSPS) is 22.3. The molecule has 2 aromatic heterocycles. The Bertz CT molecular complexity index is 2050.